The third kappa shape index (κ3) is 5.14. The van der Waals surface area contributed by atoms with Gasteiger partial charge in [-0.2, -0.15) is 0 Å². The Bertz CT molecular complexity index is 373. The predicted molar refractivity (Wildman–Crippen MR) is 70.1 cm³/mol. The number of halogens is 1. The molecule has 0 bridgehead atoms. The van der Waals surface area contributed by atoms with Crippen LogP contribution in [0.1, 0.15) is 0 Å². The molecule has 1 rings (SSSR count). The molecule has 0 saturated carbocycles. The van der Waals surface area contributed by atoms with Crippen LogP contribution in [0.25, 0.3) is 0 Å². The first-order chi connectivity index (χ1) is 8.13. The van der Waals surface area contributed by atoms with Crippen LogP contribution in [0.4, 0.5) is 5.82 Å². The Labute approximate surface area is 109 Å². The minimum atomic E-state index is -0.0497. The van der Waals surface area contributed by atoms with Gasteiger partial charge in [0, 0.05) is 20.7 Å². The number of rotatable bonds is 6. The molecule has 5 nitrogen and oxygen atoms in total. The van der Waals surface area contributed by atoms with Crippen LogP contribution in [0.5, 0.6) is 0 Å². The molecule has 1 N–H and O–H groups in total. The van der Waals surface area contributed by atoms with Crippen molar-refractivity contribution in [2.75, 3.05) is 38.8 Å². The van der Waals surface area contributed by atoms with Crippen molar-refractivity contribution >= 4 is 27.7 Å². The minimum Gasteiger partial charge on any atom is -0.383 e. The van der Waals surface area contributed by atoms with E-state index >= 15 is 0 Å². The van der Waals surface area contributed by atoms with Crippen LogP contribution in [-0.2, 0) is 9.53 Å². The van der Waals surface area contributed by atoms with Crippen LogP contribution >= 0.6 is 15.9 Å². The summed E-state index contributed by atoms with van der Waals surface area (Å²) in [6.45, 7) is 1.31. The lowest BCUT2D eigenvalue weighted by atomic mass is 10.4. The Balaban J connectivity index is 2.43. The zero-order valence-corrected chi connectivity index (χ0v) is 11.5. The number of nitrogens with one attached hydrogen (secondary N) is 1. The molecule has 1 heterocycles. The molecule has 1 aromatic rings. The normalized spacial score (nSPS) is 10.1. The number of methoxy groups -OCH3 is 1. The fraction of sp³-hybridized carbons (Fsp3) is 0.455. The molecule has 17 heavy (non-hydrogen) atoms. The lowest BCUT2D eigenvalue weighted by Crippen LogP contribution is -2.36. The van der Waals surface area contributed by atoms with Gasteiger partial charge in [0.1, 0.15) is 10.4 Å². The van der Waals surface area contributed by atoms with Crippen molar-refractivity contribution < 1.29 is 9.53 Å². The summed E-state index contributed by atoms with van der Waals surface area (Å²) in [4.78, 5) is 17.6. The number of ether oxygens (including phenoxy) is 1. The van der Waals surface area contributed by atoms with E-state index in [1.54, 1.807) is 12.0 Å². The summed E-state index contributed by atoms with van der Waals surface area (Å²) in [7, 11) is 3.42. The largest absolute Gasteiger partial charge is 0.383 e. The van der Waals surface area contributed by atoms with Gasteiger partial charge in [-0.3, -0.25) is 4.79 Å². The van der Waals surface area contributed by atoms with Crippen molar-refractivity contribution in [3.05, 3.63) is 22.8 Å². The van der Waals surface area contributed by atoms with E-state index in [0.717, 1.165) is 10.4 Å². The predicted octanol–water partition coefficient (Wildman–Crippen LogP) is 1.04. The third-order valence-electron chi connectivity index (χ3n) is 2.10. The Morgan fingerprint density at radius 1 is 1.59 bits per heavy atom. The molecule has 0 unspecified atom stereocenters. The highest BCUT2D eigenvalue weighted by molar-refractivity contribution is 9.10. The maximum absolute atomic E-state index is 11.5. The van der Waals surface area contributed by atoms with E-state index < -0.39 is 0 Å². The Hall–Kier alpha value is -1.14. The molecule has 6 heteroatoms. The second-order valence-electron chi connectivity index (χ2n) is 3.52. The highest BCUT2D eigenvalue weighted by Gasteiger charge is 2.07. The average molecular weight is 302 g/mol. The molecule has 94 valence electrons. The fourth-order valence-corrected chi connectivity index (χ4v) is 1.59. The quantitative estimate of drug-likeness (QED) is 0.630. The van der Waals surface area contributed by atoms with E-state index in [4.69, 9.17) is 4.74 Å². The molecule has 0 radical (unpaired) electrons. The van der Waals surface area contributed by atoms with E-state index in [9.17, 15) is 4.79 Å². The molecule has 0 aliphatic carbocycles. The van der Waals surface area contributed by atoms with E-state index in [-0.39, 0.29) is 12.5 Å². The van der Waals surface area contributed by atoms with Crippen molar-refractivity contribution in [2.45, 2.75) is 0 Å². The molecule has 0 fully saturated rings. The highest BCUT2D eigenvalue weighted by Crippen LogP contribution is 2.12. The standard InChI is InChI=1S/C11H16BrN3O2/c1-15(8-11(16)13-6-7-17-2)10-5-3-4-9(12)14-10/h3-5H,6-8H2,1-2H3,(H,13,16). The maximum Gasteiger partial charge on any atom is 0.239 e. The van der Waals surface area contributed by atoms with Gasteiger partial charge in [0.25, 0.3) is 0 Å². The van der Waals surface area contributed by atoms with Gasteiger partial charge in [0.05, 0.1) is 13.2 Å². The Morgan fingerprint density at radius 2 is 2.35 bits per heavy atom. The Kier molecular flexibility index (Phi) is 5.93. The topological polar surface area (TPSA) is 54.5 Å². The summed E-state index contributed by atoms with van der Waals surface area (Å²) in [5.41, 5.74) is 0. The summed E-state index contributed by atoms with van der Waals surface area (Å²) in [6, 6.07) is 5.58. The number of likely N-dealkylation sites (N-methyl/N-ethyl adjacent to an activating group) is 1. The number of aromatic nitrogens is 1. The van der Waals surface area contributed by atoms with Crippen molar-refractivity contribution in [3.63, 3.8) is 0 Å². The van der Waals surface area contributed by atoms with Crippen LogP contribution in [0.2, 0.25) is 0 Å². The van der Waals surface area contributed by atoms with Gasteiger partial charge in [-0.25, -0.2) is 4.98 Å². The van der Waals surface area contributed by atoms with Gasteiger partial charge in [0.2, 0.25) is 5.91 Å². The number of hydrogen-bond donors (Lipinski definition) is 1. The second kappa shape index (κ2) is 7.24. The van der Waals surface area contributed by atoms with Crippen LogP contribution in [0, 0.1) is 0 Å². The SMILES string of the molecule is COCCNC(=O)CN(C)c1cccc(Br)n1. The van der Waals surface area contributed by atoms with Gasteiger partial charge >= 0.3 is 0 Å². The van der Waals surface area contributed by atoms with Crippen LogP contribution in [0.15, 0.2) is 22.8 Å². The van der Waals surface area contributed by atoms with Gasteiger partial charge in [-0.1, -0.05) is 6.07 Å². The summed E-state index contributed by atoms with van der Waals surface area (Å²) in [5.74, 6) is 0.701. The molecular weight excluding hydrogens is 286 g/mol. The van der Waals surface area contributed by atoms with Crippen molar-refractivity contribution in [1.82, 2.24) is 10.3 Å². The molecule has 1 aromatic heterocycles. The van der Waals surface area contributed by atoms with Gasteiger partial charge in [-0.05, 0) is 28.1 Å². The van der Waals surface area contributed by atoms with Gasteiger partial charge < -0.3 is 15.0 Å². The van der Waals surface area contributed by atoms with E-state index in [1.165, 1.54) is 0 Å². The van der Waals surface area contributed by atoms with E-state index in [0.29, 0.717) is 13.2 Å². The molecule has 0 aromatic carbocycles. The molecule has 0 atom stereocenters. The smallest absolute Gasteiger partial charge is 0.239 e. The number of hydrogen-bond acceptors (Lipinski definition) is 4. The summed E-state index contributed by atoms with van der Waals surface area (Å²) in [6.07, 6.45) is 0. The molecule has 0 aliphatic heterocycles. The molecule has 0 saturated heterocycles. The zero-order chi connectivity index (χ0) is 12.7. The van der Waals surface area contributed by atoms with Crippen molar-refractivity contribution in [2.24, 2.45) is 0 Å². The van der Waals surface area contributed by atoms with E-state index in [2.05, 4.69) is 26.2 Å². The fourth-order valence-electron chi connectivity index (χ4n) is 1.25. The molecule has 1 amide bonds. The first-order valence-corrected chi connectivity index (χ1v) is 6.02. The monoisotopic (exact) mass is 301 g/mol. The molecule has 0 spiro atoms. The first kappa shape index (κ1) is 13.9. The zero-order valence-electron chi connectivity index (χ0n) is 9.94. The number of pyridine rings is 1. The van der Waals surface area contributed by atoms with Crippen molar-refractivity contribution in [1.29, 1.82) is 0 Å². The molecule has 0 aliphatic rings. The van der Waals surface area contributed by atoms with Gasteiger partial charge in [-0.15, -0.1) is 0 Å². The highest BCUT2D eigenvalue weighted by atomic mass is 79.9. The maximum atomic E-state index is 11.5. The summed E-state index contributed by atoms with van der Waals surface area (Å²) in [5, 5.41) is 2.75. The van der Waals surface area contributed by atoms with Crippen LogP contribution < -0.4 is 10.2 Å². The third-order valence-corrected chi connectivity index (χ3v) is 2.54. The molecular formula is C11H16BrN3O2. The number of amides is 1. The lowest BCUT2D eigenvalue weighted by molar-refractivity contribution is -0.119. The summed E-state index contributed by atoms with van der Waals surface area (Å²) >= 11 is 3.29. The second-order valence-corrected chi connectivity index (χ2v) is 4.33. The Morgan fingerprint density at radius 3 is 3.00 bits per heavy atom. The van der Waals surface area contributed by atoms with Crippen LogP contribution in [0.3, 0.4) is 0 Å². The average Bonchev–Trinajstić information content (AvgIpc) is 2.29. The van der Waals surface area contributed by atoms with E-state index in [1.807, 2.05) is 25.2 Å². The minimum absolute atomic E-state index is 0.0497. The summed E-state index contributed by atoms with van der Waals surface area (Å²) < 4.78 is 5.60. The number of anilines is 1. The van der Waals surface area contributed by atoms with Crippen LogP contribution in [-0.4, -0.2) is 44.7 Å². The van der Waals surface area contributed by atoms with Gasteiger partial charge in [0.15, 0.2) is 0 Å². The number of carbonyl (C=O) groups is 1. The first-order valence-electron chi connectivity index (χ1n) is 5.23. The number of carbonyl (C=O) groups excluding carboxylic acids is 1. The number of nitrogens with zero attached hydrogens (tertiary/aromatic N) is 2. The lowest BCUT2D eigenvalue weighted by Gasteiger charge is -2.17. The van der Waals surface area contributed by atoms with Crippen molar-refractivity contribution in [3.8, 4) is 0 Å².